The molecule has 0 bridgehead atoms. The molecule has 0 saturated heterocycles. The van der Waals surface area contributed by atoms with Crippen LogP contribution in [0.15, 0.2) is 12.4 Å². The van der Waals surface area contributed by atoms with Gasteiger partial charge in [0.1, 0.15) is 6.54 Å². The maximum absolute atomic E-state index is 12.1. The highest BCUT2D eigenvalue weighted by atomic mass is 16.3. The summed E-state index contributed by atoms with van der Waals surface area (Å²) in [6, 6.07) is 0.359. The molecule has 1 N–H and O–H groups in total. The number of hydrogen-bond acceptors (Lipinski definition) is 4. The number of aliphatic hydroxyl groups excluding tert-OH is 1. The Balaban J connectivity index is 1.91. The number of amides is 1. The molecule has 6 nitrogen and oxygen atoms in total. The lowest BCUT2D eigenvalue weighted by Gasteiger charge is -2.37. The molecule has 94 valence electrons. The monoisotopic (exact) mass is 238 g/mol. The summed E-state index contributed by atoms with van der Waals surface area (Å²) in [5, 5.41) is 16.3. The summed E-state index contributed by atoms with van der Waals surface area (Å²) in [6.45, 7) is 0.996. The molecule has 0 aromatic carbocycles. The van der Waals surface area contributed by atoms with Crippen molar-refractivity contribution in [1.82, 2.24) is 19.9 Å². The van der Waals surface area contributed by atoms with Crippen LogP contribution in [0.3, 0.4) is 0 Å². The van der Waals surface area contributed by atoms with E-state index >= 15 is 0 Å². The molecule has 0 unspecified atom stereocenters. The van der Waals surface area contributed by atoms with E-state index in [2.05, 4.69) is 10.3 Å². The first-order valence-corrected chi connectivity index (χ1v) is 6.05. The summed E-state index contributed by atoms with van der Waals surface area (Å²) in [7, 11) is 0. The van der Waals surface area contributed by atoms with Crippen molar-refractivity contribution in [2.24, 2.45) is 0 Å². The third kappa shape index (κ3) is 3.03. The van der Waals surface area contributed by atoms with E-state index in [9.17, 15) is 4.79 Å². The quantitative estimate of drug-likeness (QED) is 0.759. The Labute approximate surface area is 100 Å². The molecule has 1 aliphatic carbocycles. The summed E-state index contributed by atoms with van der Waals surface area (Å²) >= 11 is 0. The van der Waals surface area contributed by atoms with Crippen LogP contribution >= 0.6 is 0 Å². The van der Waals surface area contributed by atoms with Gasteiger partial charge in [-0.3, -0.25) is 4.79 Å². The molecule has 1 amide bonds. The number of carbonyl (C=O) groups is 1. The Morgan fingerprint density at radius 3 is 2.88 bits per heavy atom. The van der Waals surface area contributed by atoms with Crippen molar-refractivity contribution in [3.05, 3.63) is 12.4 Å². The fourth-order valence-corrected chi connectivity index (χ4v) is 2.00. The van der Waals surface area contributed by atoms with E-state index in [1.807, 2.05) is 4.90 Å². The van der Waals surface area contributed by atoms with Crippen LogP contribution in [0.25, 0.3) is 0 Å². The van der Waals surface area contributed by atoms with Gasteiger partial charge in [-0.15, -0.1) is 5.10 Å². The minimum atomic E-state index is 0.0636. The van der Waals surface area contributed by atoms with E-state index in [0.29, 0.717) is 19.0 Å². The zero-order valence-corrected chi connectivity index (χ0v) is 9.83. The van der Waals surface area contributed by atoms with Gasteiger partial charge in [0.05, 0.1) is 6.20 Å². The second-order valence-corrected chi connectivity index (χ2v) is 4.35. The lowest BCUT2D eigenvalue weighted by Crippen LogP contribution is -2.46. The van der Waals surface area contributed by atoms with Crippen LogP contribution in [0, 0.1) is 0 Å². The Bertz CT molecular complexity index is 348. The van der Waals surface area contributed by atoms with Gasteiger partial charge in [-0.05, 0) is 25.7 Å². The Morgan fingerprint density at radius 1 is 1.53 bits per heavy atom. The molecule has 17 heavy (non-hydrogen) atoms. The van der Waals surface area contributed by atoms with Gasteiger partial charge in [0.2, 0.25) is 5.91 Å². The van der Waals surface area contributed by atoms with E-state index in [1.165, 1.54) is 11.1 Å². The van der Waals surface area contributed by atoms with E-state index < -0.39 is 0 Å². The van der Waals surface area contributed by atoms with Crippen molar-refractivity contribution in [3.63, 3.8) is 0 Å². The smallest absolute Gasteiger partial charge is 0.244 e. The van der Waals surface area contributed by atoms with Gasteiger partial charge in [0, 0.05) is 25.4 Å². The summed E-state index contributed by atoms with van der Waals surface area (Å²) in [4.78, 5) is 14.0. The second-order valence-electron chi connectivity index (χ2n) is 4.35. The highest BCUT2D eigenvalue weighted by molar-refractivity contribution is 5.76. The third-order valence-corrected chi connectivity index (χ3v) is 3.16. The maximum Gasteiger partial charge on any atom is 0.244 e. The number of carbonyl (C=O) groups excluding carboxylic acids is 1. The van der Waals surface area contributed by atoms with Gasteiger partial charge in [-0.2, -0.15) is 0 Å². The Hall–Kier alpha value is -1.43. The fraction of sp³-hybridized carbons (Fsp3) is 0.727. The van der Waals surface area contributed by atoms with Crippen molar-refractivity contribution in [3.8, 4) is 0 Å². The third-order valence-electron chi connectivity index (χ3n) is 3.16. The predicted molar refractivity (Wildman–Crippen MR) is 61.1 cm³/mol. The van der Waals surface area contributed by atoms with E-state index in [4.69, 9.17) is 5.11 Å². The lowest BCUT2D eigenvalue weighted by molar-refractivity contribution is -0.136. The normalized spacial score (nSPS) is 15.6. The van der Waals surface area contributed by atoms with Gasteiger partial charge >= 0.3 is 0 Å². The number of hydrogen-bond donors (Lipinski definition) is 1. The standard InChI is InChI=1S/C11H18N4O2/c16-8-2-6-15(10-3-1-4-10)11(17)9-14-7-5-12-13-14/h5,7,10,16H,1-4,6,8-9H2. The Morgan fingerprint density at radius 2 is 2.35 bits per heavy atom. The molecule has 0 atom stereocenters. The largest absolute Gasteiger partial charge is 0.396 e. The SMILES string of the molecule is O=C(Cn1ccnn1)N(CCCO)C1CCC1. The van der Waals surface area contributed by atoms with Gasteiger partial charge < -0.3 is 10.0 Å². The summed E-state index contributed by atoms with van der Waals surface area (Å²) < 4.78 is 1.53. The molecule has 2 rings (SSSR count). The second kappa shape index (κ2) is 5.77. The van der Waals surface area contributed by atoms with Crippen LogP contribution < -0.4 is 0 Å². The van der Waals surface area contributed by atoms with Crippen molar-refractivity contribution in [1.29, 1.82) is 0 Å². The van der Waals surface area contributed by atoms with Gasteiger partial charge in [0.15, 0.2) is 0 Å². The van der Waals surface area contributed by atoms with Crippen LogP contribution in [-0.4, -0.2) is 50.1 Å². The molecule has 1 aliphatic rings. The van der Waals surface area contributed by atoms with Crippen molar-refractivity contribution < 1.29 is 9.90 Å². The average molecular weight is 238 g/mol. The first-order valence-electron chi connectivity index (χ1n) is 6.05. The molecular formula is C11H18N4O2. The summed E-state index contributed by atoms with van der Waals surface area (Å²) in [5.41, 5.74) is 0. The molecule has 1 aromatic heterocycles. The van der Waals surface area contributed by atoms with Crippen molar-refractivity contribution in [2.45, 2.75) is 38.3 Å². The van der Waals surface area contributed by atoms with Crippen LogP contribution in [0.1, 0.15) is 25.7 Å². The minimum absolute atomic E-state index is 0.0636. The van der Waals surface area contributed by atoms with Crippen LogP contribution in [0.2, 0.25) is 0 Å². The van der Waals surface area contributed by atoms with Crippen LogP contribution in [-0.2, 0) is 11.3 Å². The first kappa shape index (κ1) is 12.0. The maximum atomic E-state index is 12.1. The van der Waals surface area contributed by atoms with Crippen LogP contribution in [0.5, 0.6) is 0 Å². The molecule has 1 fully saturated rings. The molecule has 6 heteroatoms. The van der Waals surface area contributed by atoms with E-state index in [0.717, 1.165) is 12.8 Å². The zero-order chi connectivity index (χ0) is 12.1. The van der Waals surface area contributed by atoms with Gasteiger partial charge in [-0.25, -0.2) is 4.68 Å². The first-order chi connectivity index (χ1) is 8.31. The number of aromatic nitrogens is 3. The molecule has 0 aliphatic heterocycles. The molecule has 1 aromatic rings. The molecule has 1 saturated carbocycles. The van der Waals surface area contributed by atoms with Crippen molar-refractivity contribution >= 4 is 5.91 Å². The lowest BCUT2D eigenvalue weighted by atomic mass is 9.91. The minimum Gasteiger partial charge on any atom is -0.396 e. The van der Waals surface area contributed by atoms with Gasteiger partial charge in [0.25, 0.3) is 0 Å². The average Bonchev–Trinajstić information content (AvgIpc) is 2.73. The van der Waals surface area contributed by atoms with E-state index in [1.54, 1.807) is 12.4 Å². The molecular weight excluding hydrogens is 220 g/mol. The molecule has 0 radical (unpaired) electrons. The number of nitrogens with zero attached hydrogens (tertiary/aromatic N) is 4. The van der Waals surface area contributed by atoms with Gasteiger partial charge in [-0.1, -0.05) is 5.21 Å². The molecule has 0 spiro atoms. The molecule has 1 heterocycles. The van der Waals surface area contributed by atoms with E-state index in [-0.39, 0.29) is 19.1 Å². The Kier molecular flexibility index (Phi) is 4.08. The summed E-state index contributed by atoms with van der Waals surface area (Å²) in [5.74, 6) is 0.0636. The summed E-state index contributed by atoms with van der Waals surface area (Å²) in [6.07, 6.45) is 7.23. The van der Waals surface area contributed by atoms with Crippen molar-refractivity contribution in [2.75, 3.05) is 13.2 Å². The predicted octanol–water partition coefficient (Wildman–Crippen LogP) is 0.0416. The zero-order valence-electron chi connectivity index (χ0n) is 9.83. The fourth-order valence-electron chi connectivity index (χ4n) is 2.00. The van der Waals surface area contributed by atoms with Crippen LogP contribution in [0.4, 0.5) is 0 Å². The number of aliphatic hydroxyl groups is 1. The number of rotatable bonds is 6. The highest BCUT2D eigenvalue weighted by Crippen LogP contribution is 2.25. The highest BCUT2D eigenvalue weighted by Gasteiger charge is 2.28. The topological polar surface area (TPSA) is 71.2 Å².